The van der Waals surface area contributed by atoms with Crippen LogP contribution in [0.25, 0.3) is 43.7 Å². The van der Waals surface area contributed by atoms with Gasteiger partial charge in [-0.25, -0.2) is 4.98 Å². The molecule has 1 heterocycles. The van der Waals surface area contributed by atoms with Gasteiger partial charge in [0, 0.05) is 21.7 Å². The Morgan fingerprint density at radius 1 is 0.487 bits per heavy atom. The SMILES string of the molecule is Cc1ccccc1B(c1cccc(-c2nc3c4ccccc4ccc3c3ccccc23)c1)c1ccccc1C. The minimum absolute atomic E-state index is 0.139. The first-order chi connectivity index (χ1) is 19.2. The van der Waals surface area contributed by atoms with E-state index >= 15 is 0 Å². The highest BCUT2D eigenvalue weighted by molar-refractivity contribution is 6.96. The molecule has 0 N–H and O–H groups in total. The second-order valence-corrected chi connectivity index (χ2v) is 10.5. The fourth-order valence-electron chi connectivity index (χ4n) is 6.12. The van der Waals surface area contributed by atoms with Crippen LogP contribution in [-0.4, -0.2) is 11.7 Å². The monoisotopic (exact) mass is 497 g/mol. The van der Waals surface area contributed by atoms with Crippen LogP contribution < -0.4 is 16.4 Å². The molecule has 7 aromatic rings. The standard InChI is InChI=1S/C37H28BN/c1-25-12-3-9-20-34(25)38(35-21-10-4-13-26(35)2)29-16-11-15-28(24-29)36-32-19-8-7-18-31(32)33-23-22-27-14-5-6-17-30(27)37(33)39-36/h3-24H,1-2H3. The molecule has 184 valence electrons. The maximum atomic E-state index is 5.38. The fraction of sp³-hybridized carbons (Fsp3) is 0.0541. The van der Waals surface area contributed by atoms with Crippen molar-refractivity contribution in [3.8, 4) is 11.3 Å². The third kappa shape index (κ3) is 4.01. The highest BCUT2D eigenvalue weighted by atomic mass is 14.7. The lowest BCUT2D eigenvalue weighted by Crippen LogP contribution is -2.53. The molecule has 0 fully saturated rings. The Morgan fingerprint density at radius 3 is 1.82 bits per heavy atom. The normalized spacial score (nSPS) is 11.3. The molecule has 0 aliphatic rings. The summed E-state index contributed by atoms with van der Waals surface area (Å²) in [4.78, 5) is 5.38. The zero-order chi connectivity index (χ0) is 26.3. The van der Waals surface area contributed by atoms with Crippen molar-refractivity contribution in [1.29, 1.82) is 0 Å². The van der Waals surface area contributed by atoms with Gasteiger partial charge in [0.25, 0.3) is 0 Å². The topological polar surface area (TPSA) is 12.9 Å². The molecule has 1 nitrogen and oxygen atoms in total. The molecule has 1 aromatic heterocycles. The number of rotatable bonds is 4. The van der Waals surface area contributed by atoms with Crippen molar-refractivity contribution in [2.24, 2.45) is 0 Å². The number of benzene rings is 6. The second kappa shape index (κ2) is 9.56. The molecule has 0 bridgehead atoms. The molecule has 6 aromatic carbocycles. The lowest BCUT2D eigenvalue weighted by molar-refractivity contribution is 1.44. The fourth-order valence-corrected chi connectivity index (χ4v) is 6.12. The number of nitrogens with zero attached hydrogens (tertiary/aromatic N) is 1. The van der Waals surface area contributed by atoms with Crippen molar-refractivity contribution in [1.82, 2.24) is 4.98 Å². The van der Waals surface area contributed by atoms with Crippen molar-refractivity contribution in [2.75, 3.05) is 0 Å². The van der Waals surface area contributed by atoms with Gasteiger partial charge in [0.15, 0.2) is 0 Å². The Bertz CT molecular complexity index is 1960. The molecule has 7 rings (SSSR count). The number of hydrogen-bond donors (Lipinski definition) is 0. The van der Waals surface area contributed by atoms with E-state index in [1.165, 1.54) is 54.4 Å². The molecule has 39 heavy (non-hydrogen) atoms. The molecule has 0 aliphatic carbocycles. The average Bonchev–Trinajstić information content (AvgIpc) is 2.99. The van der Waals surface area contributed by atoms with E-state index in [0.29, 0.717) is 0 Å². The highest BCUT2D eigenvalue weighted by Gasteiger charge is 2.25. The zero-order valence-electron chi connectivity index (χ0n) is 22.2. The van der Waals surface area contributed by atoms with E-state index in [9.17, 15) is 0 Å². The first-order valence-electron chi connectivity index (χ1n) is 13.6. The molecule has 0 atom stereocenters. The van der Waals surface area contributed by atoms with E-state index in [2.05, 4.69) is 147 Å². The number of hydrogen-bond acceptors (Lipinski definition) is 1. The lowest BCUT2D eigenvalue weighted by Gasteiger charge is -2.20. The molecule has 2 heteroatoms. The van der Waals surface area contributed by atoms with Crippen molar-refractivity contribution in [3.05, 3.63) is 145 Å². The van der Waals surface area contributed by atoms with Crippen molar-refractivity contribution in [2.45, 2.75) is 13.8 Å². The predicted molar refractivity (Wildman–Crippen MR) is 169 cm³/mol. The van der Waals surface area contributed by atoms with E-state index in [4.69, 9.17) is 4.98 Å². The number of pyridine rings is 1. The Kier molecular flexibility index (Phi) is 5.75. The summed E-state index contributed by atoms with van der Waals surface area (Å²) in [6, 6.07) is 48.2. The van der Waals surface area contributed by atoms with Crippen molar-refractivity contribution < 1.29 is 0 Å². The summed E-state index contributed by atoms with van der Waals surface area (Å²) in [5.74, 6) is 0. The summed E-state index contributed by atoms with van der Waals surface area (Å²) in [5.41, 5.74) is 9.79. The van der Waals surface area contributed by atoms with Crippen LogP contribution in [0.4, 0.5) is 0 Å². The van der Waals surface area contributed by atoms with Gasteiger partial charge in [-0.3, -0.25) is 0 Å². The van der Waals surface area contributed by atoms with Crippen LogP contribution in [0.15, 0.2) is 133 Å². The average molecular weight is 497 g/mol. The molecule has 0 amide bonds. The summed E-state index contributed by atoms with van der Waals surface area (Å²) in [6.07, 6.45) is 0. The van der Waals surface area contributed by atoms with Gasteiger partial charge in [0.1, 0.15) is 0 Å². The summed E-state index contributed by atoms with van der Waals surface area (Å²) in [7, 11) is 0. The molecule has 0 radical (unpaired) electrons. The van der Waals surface area contributed by atoms with E-state index in [0.717, 1.165) is 16.8 Å². The van der Waals surface area contributed by atoms with Gasteiger partial charge in [0.2, 0.25) is 6.71 Å². The molecule has 0 saturated heterocycles. The summed E-state index contributed by atoms with van der Waals surface area (Å²) < 4.78 is 0. The first-order valence-corrected chi connectivity index (χ1v) is 13.6. The van der Waals surface area contributed by atoms with Gasteiger partial charge < -0.3 is 0 Å². The quantitative estimate of drug-likeness (QED) is 0.183. The van der Waals surface area contributed by atoms with Crippen LogP contribution in [0.1, 0.15) is 11.1 Å². The number of aromatic nitrogens is 1. The smallest absolute Gasteiger partial charge is 0.241 e. The van der Waals surface area contributed by atoms with Crippen molar-refractivity contribution >= 4 is 55.5 Å². The van der Waals surface area contributed by atoms with Crippen LogP contribution >= 0.6 is 0 Å². The minimum Gasteiger partial charge on any atom is -0.246 e. The molecule has 0 unspecified atom stereocenters. The molecule has 0 saturated carbocycles. The maximum absolute atomic E-state index is 5.38. The Labute approximate surface area is 229 Å². The molecular weight excluding hydrogens is 469 g/mol. The Morgan fingerprint density at radius 2 is 1.10 bits per heavy atom. The van der Waals surface area contributed by atoms with Gasteiger partial charge in [0.05, 0.1) is 11.2 Å². The van der Waals surface area contributed by atoms with Gasteiger partial charge >= 0.3 is 0 Å². The zero-order valence-corrected chi connectivity index (χ0v) is 22.2. The third-order valence-corrected chi connectivity index (χ3v) is 8.09. The van der Waals surface area contributed by atoms with E-state index in [-0.39, 0.29) is 6.71 Å². The predicted octanol–water partition coefficient (Wildman–Crippen LogP) is 7.34. The Balaban J connectivity index is 1.50. The minimum atomic E-state index is 0.139. The van der Waals surface area contributed by atoms with E-state index in [1.807, 2.05) is 0 Å². The van der Waals surface area contributed by atoms with E-state index in [1.54, 1.807) is 0 Å². The first kappa shape index (κ1) is 23.4. The van der Waals surface area contributed by atoms with Crippen LogP contribution in [0.2, 0.25) is 0 Å². The lowest BCUT2D eigenvalue weighted by atomic mass is 9.35. The van der Waals surface area contributed by atoms with Crippen molar-refractivity contribution in [3.63, 3.8) is 0 Å². The van der Waals surface area contributed by atoms with Gasteiger partial charge in [-0.1, -0.05) is 161 Å². The van der Waals surface area contributed by atoms with Gasteiger partial charge in [-0.15, -0.1) is 0 Å². The molecule has 0 spiro atoms. The van der Waals surface area contributed by atoms with Crippen LogP contribution in [0.3, 0.4) is 0 Å². The summed E-state index contributed by atoms with van der Waals surface area (Å²) in [5, 5.41) is 6.02. The van der Waals surface area contributed by atoms with Gasteiger partial charge in [-0.05, 0) is 24.6 Å². The summed E-state index contributed by atoms with van der Waals surface area (Å²) >= 11 is 0. The molecule has 0 aliphatic heterocycles. The largest absolute Gasteiger partial charge is 0.246 e. The highest BCUT2D eigenvalue weighted by Crippen LogP contribution is 2.35. The summed E-state index contributed by atoms with van der Waals surface area (Å²) in [6.45, 7) is 4.57. The van der Waals surface area contributed by atoms with Crippen LogP contribution in [0.5, 0.6) is 0 Å². The molecular formula is C37H28BN. The maximum Gasteiger partial charge on any atom is 0.241 e. The number of fused-ring (bicyclic) bond motifs is 5. The number of aryl methyl sites for hydroxylation is 2. The Hall–Kier alpha value is -4.69. The van der Waals surface area contributed by atoms with E-state index < -0.39 is 0 Å². The third-order valence-electron chi connectivity index (χ3n) is 8.09. The second-order valence-electron chi connectivity index (χ2n) is 10.5. The van der Waals surface area contributed by atoms with Crippen LogP contribution in [0, 0.1) is 13.8 Å². The van der Waals surface area contributed by atoms with Gasteiger partial charge in [-0.2, -0.15) is 0 Å². The van der Waals surface area contributed by atoms with Crippen LogP contribution in [-0.2, 0) is 0 Å².